The molecule has 2 aliphatic rings. The Labute approximate surface area is 161 Å². The van der Waals surface area contributed by atoms with E-state index in [4.69, 9.17) is 4.74 Å². The Morgan fingerprint density at radius 3 is 2.59 bits per heavy atom. The molecule has 0 aromatic heterocycles. The molecule has 0 unspecified atom stereocenters. The fourth-order valence-electron chi connectivity index (χ4n) is 4.09. The van der Waals surface area contributed by atoms with E-state index in [1.165, 1.54) is 24.9 Å². The zero-order valence-electron chi connectivity index (χ0n) is 16.6. The van der Waals surface area contributed by atoms with Gasteiger partial charge in [0, 0.05) is 0 Å². The van der Waals surface area contributed by atoms with Crippen molar-refractivity contribution < 1.29 is 19.2 Å². The molecule has 0 aliphatic carbocycles. The highest BCUT2D eigenvalue weighted by Gasteiger charge is 2.36. The molecule has 0 saturated carbocycles. The van der Waals surface area contributed by atoms with Crippen LogP contribution in [-0.2, 0) is 9.53 Å². The zero-order valence-corrected chi connectivity index (χ0v) is 16.6. The van der Waals surface area contributed by atoms with Gasteiger partial charge in [-0.1, -0.05) is 30.7 Å². The van der Waals surface area contributed by atoms with E-state index in [1.807, 2.05) is 26.0 Å². The minimum atomic E-state index is -0.495. The second kappa shape index (κ2) is 8.13. The number of piperidine rings is 1. The van der Waals surface area contributed by atoms with Crippen LogP contribution in [-0.4, -0.2) is 38.7 Å². The number of likely N-dealkylation sites (tertiary alicyclic amines) is 1. The second-order valence-electron chi connectivity index (χ2n) is 7.88. The van der Waals surface area contributed by atoms with Crippen molar-refractivity contribution in [2.45, 2.75) is 39.7 Å². The molecule has 1 aromatic rings. The number of urea groups is 1. The maximum atomic E-state index is 12.7. The molecule has 3 N–H and O–H groups in total. The van der Waals surface area contributed by atoms with E-state index < -0.39 is 12.0 Å². The van der Waals surface area contributed by atoms with E-state index in [0.717, 1.165) is 35.7 Å². The summed E-state index contributed by atoms with van der Waals surface area (Å²) in [6, 6.07) is 5.28. The summed E-state index contributed by atoms with van der Waals surface area (Å²) in [6.07, 6.45) is 2.34. The summed E-state index contributed by atoms with van der Waals surface area (Å²) in [4.78, 5) is 26.4. The van der Waals surface area contributed by atoms with Crippen molar-refractivity contribution in [2.24, 2.45) is 5.92 Å². The van der Waals surface area contributed by atoms with Crippen LogP contribution >= 0.6 is 0 Å². The van der Waals surface area contributed by atoms with Crippen molar-refractivity contribution in [3.63, 3.8) is 0 Å². The van der Waals surface area contributed by atoms with E-state index in [9.17, 15) is 9.59 Å². The first-order chi connectivity index (χ1) is 12.9. The third kappa shape index (κ3) is 4.33. The SMILES string of the molecule is COC(=O)C1=C(C[NH+]2CCC(C)CC2)NC(=O)N[C@H]1c1ccc(C)cc1C. The van der Waals surface area contributed by atoms with Gasteiger partial charge in [-0.3, -0.25) is 0 Å². The number of carbonyl (C=O) groups is 2. The van der Waals surface area contributed by atoms with Gasteiger partial charge in [-0.2, -0.15) is 0 Å². The normalized spacial score (nSPS) is 25.6. The number of esters is 1. The number of carbonyl (C=O) groups excluding carboxylic acids is 2. The summed E-state index contributed by atoms with van der Waals surface area (Å²) in [5.41, 5.74) is 4.31. The summed E-state index contributed by atoms with van der Waals surface area (Å²) in [5.74, 6) is 0.348. The number of rotatable bonds is 4. The largest absolute Gasteiger partial charge is 0.466 e. The summed E-state index contributed by atoms with van der Waals surface area (Å²) >= 11 is 0. The van der Waals surface area contributed by atoms with Gasteiger partial charge in [-0.05, 0) is 43.7 Å². The van der Waals surface area contributed by atoms with Gasteiger partial charge in [0.15, 0.2) is 0 Å². The maximum absolute atomic E-state index is 12.7. The van der Waals surface area contributed by atoms with Crippen LogP contribution in [0.15, 0.2) is 29.5 Å². The van der Waals surface area contributed by atoms with Crippen molar-refractivity contribution in [3.05, 3.63) is 46.2 Å². The number of quaternary nitrogens is 1. The lowest BCUT2D eigenvalue weighted by atomic mass is 9.91. The number of methoxy groups -OCH3 is 1. The molecule has 6 heteroatoms. The molecule has 2 amide bonds. The van der Waals surface area contributed by atoms with E-state index in [0.29, 0.717) is 17.8 Å². The first kappa shape index (κ1) is 19.4. The second-order valence-corrected chi connectivity index (χ2v) is 7.88. The molecular formula is C21H30N3O3+. The molecule has 2 aliphatic heterocycles. The molecule has 1 atom stereocenters. The summed E-state index contributed by atoms with van der Waals surface area (Å²) in [6.45, 7) is 9.04. The number of hydrogen-bond acceptors (Lipinski definition) is 3. The number of amides is 2. The van der Waals surface area contributed by atoms with E-state index in [2.05, 4.69) is 23.6 Å². The smallest absolute Gasteiger partial charge is 0.338 e. The van der Waals surface area contributed by atoms with Crippen LogP contribution in [0, 0.1) is 19.8 Å². The topological polar surface area (TPSA) is 71.9 Å². The lowest BCUT2D eigenvalue weighted by Crippen LogP contribution is -3.13. The van der Waals surface area contributed by atoms with Crippen molar-refractivity contribution in [1.82, 2.24) is 10.6 Å². The molecule has 0 bridgehead atoms. The van der Waals surface area contributed by atoms with Crippen molar-refractivity contribution >= 4 is 12.0 Å². The molecule has 27 heavy (non-hydrogen) atoms. The Bertz CT molecular complexity index is 764. The Balaban J connectivity index is 1.98. The van der Waals surface area contributed by atoms with E-state index in [1.54, 1.807) is 0 Å². The fraction of sp³-hybridized carbons (Fsp3) is 0.524. The standard InChI is InChI=1S/C21H29N3O3/c1-13-7-9-24(10-8-13)12-17-18(20(25)27-4)19(23-21(26)22-17)16-6-5-14(2)11-15(16)3/h5-6,11,13,19H,7-10,12H2,1-4H3,(H2,22,23,26)/p+1/t19-/m0/s1. The highest BCUT2D eigenvalue weighted by molar-refractivity contribution is 5.95. The average Bonchev–Trinajstić information content (AvgIpc) is 2.62. The van der Waals surface area contributed by atoms with Crippen molar-refractivity contribution in [1.29, 1.82) is 0 Å². The number of nitrogens with one attached hydrogen (secondary N) is 3. The lowest BCUT2D eigenvalue weighted by molar-refractivity contribution is -0.901. The van der Waals surface area contributed by atoms with Gasteiger partial charge in [-0.25, -0.2) is 9.59 Å². The molecular weight excluding hydrogens is 342 g/mol. The number of ether oxygens (including phenoxy) is 1. The van der Waals surface area contributed by atoms with Crippen molar-refractivity contribution in [2.75, 3.05) is 26.7 Å². The number of benzene rings is 1. The van der Waals surface area contributed by atoms with Crippen LogP contribution in [0.1, 0.15) is 42.5 Å². The molecule has 2 heterocycles. The first-order valence-corrected chi connectivity index (χ1v) is 9.68. The third-order valence-corrected chi connectivity index (χ3v) is 5.70. The van der Waals surface area contributed by atoms with E-state index >= 15 is 0 Å². The van der Waals surface area contributed by atoms with Crippen LogP contribution in [0.3, 0.4) is 0 Å². The Kier molecular flexibility index (Phi) is 5.85. The predicted molar refractivity (Wildman–Crippen MR) is 103 cm³/mol. The van der Waals surface area contributed by atoms with Crippen LogP contribution in [0.5, 0.6) is 0 Å². The predicted octanol–water partition coefficient (Wildman–Crippen LogP) is 1.40. The average molecular weight is 372 g/mol. The third-order valence-electron chi connectivity index (χ3n) is 5.70. The molecule has 3 rings (SSSR count). The van der Waals surface area contributed by atoms with Crippen LogP contribution < -0.4 is 15.5 Å². The van der Waals surface area contributed by atoms with Gasteiger partial charge in [-0.15, -0.1) is 0 Å². The van der Waals surface area contributed by atoms with E-state index in [-0.39, 0.29) is 6.03 Å². The minimum absolute atomic E-state index is 0.271. The summed E-state index contributed by atoms with van der Waals surface area (Å²) in [5, 5.41) is 5.79. The monoisotopic (exact) mass is 372 g/mol. The van der Waals surface area contributed by atoms with Gasteiger partial charge in [0.1, 0.15) is 6.54 Å². The van der Waals surface area contributed by atoms with Crippen LogP contribution in [0.25, 0.3) is 0 Å². The highest BCUT2D eigenvalue weighted by Crippen LogP contribution is 2.30. The van der Waals surface area contributed by atoms with Crippen LogP contribution in [0.4, 0.5) is 4.79 Å². The van der Waals surface area contributed by atoms with Gasteiger partial charge in [0.2, 0.25) is 0 Å². The van der Waals surface area contributed by atoms with Crippen LogP contribution in [0.2, 0.25) is 0 Å². The maximum Gasteiger partial charge on any atom is 0.338 e. The molecule has 0 radical (unpaired) electrons. The summed E-state index contributed by atoms with van der Waals surface area (Å²) < 4.78 is 5.08. The number of hydrogen-bond donors (Lipinski definition) is 3. The Morgan fingerprint density at radius 2 is 1.96 bits per heavy atom. The fourth-order valence-corrected chi connectivity index (χ4v) is 4.09. The Morgan fingerprint density at radius 1 is 1.26 bits per heavy atom. The molecule has 1 saturated heterocycles. The quantitative estimate of drug-likeness (QED) is 0.700. The van der Waals surface area contributed by atoms with Gasteiger partial charge in [0.05, 0.1) is 37.5 Å². The zero-order chi connectivity index (χ0) is 19.6. The molecule has 1 aromatic carbocycles. The lowest BCUT2D eigenvalue weighted by Gasteiger charge is -2.33. The molecule has 146 valence electrons. The highest BCUT2D eigenvalue weighted by atomic mass is 16.5. The van der Waals surface area contributed by atoms with Crippen molar-refractivity contribution in [3.8, 4) is 0 Å². The minimum Gasteiger partial charge on any atom is -0.466 e. The molecule has 0 spiro atoms. The van der Waals surface area contributed by atoms with Gasteiger partial charge >= 0.3 is 12.0 Å². The van der Waals surface area contributed by atoms with Gasteiger partial charge < -0.3 is 20.3 Å². The Hall–Kier alpha value is -2.34. The molecule has 6 nitrogen and oxygen atoms in total. The first-order valence-electron chi connectivity index (χ1n) is 9.68. The summed E-state index contributed by atoms with van der Waals surface area (Å²) in [7, 11) is 1.39. The van der Waals surface area contributed by atoms with Gasteiger partial charge in [0.25, 0.3) is 0 Å². The molecule has 1 fully saturated rings. The number of aryl methyl sites for hydroxylation is 2.